The smallest absolute Gasteiger partial charge is 0.346 e. The van der Waals surface area contributed by atoms with Gasteiger partial charge in [0.25, 0.3) is 0 Å². The number of rotatable bonds is 16. The third kappa shape index (κ3) is 11.8. The van der Waals surface area contributed by atoms with E-state index in [-0.39, 0.29) is 141 Å². The quantitative estimate of drug-likeness (QED) is 0.0510. The number of imidazole rings is 2. The van der Waals surface area contributed by atoms with E-state index >= 15 is 17.6 Å². The second-order valence-corrected chi connectivity index (χ2v) is 21.6. The minimum absolute atomic E-state index is 0.00173. The lowest BCUT2D eigenvalue weighted by atomic mass is 10.0. The summed E-state index contributed by atoms with van der Waals surface area (Å²) in [5.41, 5.74) is 1.78. The number of ether oxygens (including phenoxy) is 5. The van der Waals surface area contributed by atoms with Gasteiger partial charge in [-0.1, -0.05) is 49.2 Å². The maximum atomic E-state index is 16.2. The van der Waals surface area contributed by atoms with Crippen LogP contribution in [0.25, 0.3) is 44.6 Å². The highest BCUT2D eigenvalue weighted by Gasteiger charge is 2.33. The number of benzene rings is 6. The van der Waals surface area contributed by atoms with Crippen LogP contribution in [0.4, 0.5) is 26.3 Å². The summed E-state index contributed by atoms with van der Waals surface area (Å²) in [6.07, 6.45) is 2.27. The van der Waals surface area contributed by atoms with Crippen molar-refractivity contribution >= 4 is 57.2 Å². The Labute approximate surface area is 490 Å². The Morgan fingerprint density at radius 1 is 0.506 bits per heavy atom. The number of carbonyl (C=O) groups excluding carboxylic acids is 2. The molecule has 4 aromatic heterocycles. The molecule has 0 unspecified atom stereocenters. The van der Waals surface area contributed by atoms with Crippen LogP contribution in [-0.4, -0.2) is 77.4 Å². The van der Waals surface area contributed by atoms with E-state index in [0.717, 1.165) is 36.4 Å². The topological polar surface area (TPSA) is 167 Å². The Morgan fingerprint density at radius 3 is 1.33 bits per heavy atom. The summed E-state index contributed by atoms with van der Waals surface area (Å²) in [6, 6.07) is 23.1. The first-order valence-electron chi connectivity index (χ1n) is 26.7. The molecule has 6 heterocycles. The van der Waals surface area contributed by atoms with Crippen molar-refractivity contribution in [1.29, 1.82) is 0 Å². The van der Waals surface area contributed by atoms with Crippen LogP contribution in [0.5, 0.6) is 12.0 Å². The Kier molecular flexibility index (Phi) is 15.8. The summed E-state index contributed by atoms with van der Waals surface area (Å²) in [5.74, 6) is -5.68. The van der Waals surface area contributed by atoms with E-state index in [1.165, 1.54) is 73.1 Å². The average Bonchev–Trinajstić information content (AvgIpc) is 1.96. The van der Waals surface area contributed by atoms with Gasteiger partial charge in [0.15, 0.2) is 0 Å². The van der Waals surface area contributed by atoms with E-state index in [1.54, 1.807) is 12.1 Å². The SMILES string of the molecule is C[C@H]1COC[C@H]1n1c(Cc2cc(F)c(-c3ccnc(OCc4ccc(Cl)cc4F)n3)cc2F)nc2ccc(C(=O)OC(=O)c3ccc4nc(Cc5cc(F)c(-c6ccnc(OCc7ccc(Cl)cc7F)n6)cc5F)n([C@@H]5COC[C@@H]5C)c4c3)cc21. The molecule has 85 heavy (non-hydrogen) atoms. The van der Waals surface area contributed by atoms with Crippen molar-refractivity contribution in [3.63, 3.8) is 0 Å². The molecule has 0 bridgehead atoms. The van der Waals surface area contributed by atoms with E-state index in [9.17, 15) is 18.4 Å². The molecule has 2 aliphatic heterocycles. The average molecular weight is 1200 g/mol. The lowest BCUT2D eigenvalue weighted by molar-refractivity contribution is 0.0397. The molecule has 0 amide bonds. The number of hydrogen-bond donors (Lipinski definition) is 0. The molecular formula is C62H46Cl2F6N8O7. The first kappa shape index (κ1) is 56.7. The van der Waals surface area contributed by atoms with Crippen LogP contribution in [0.15, 0.2) is 122 Å². The highest BCUT2D eigenvalue weighted by Crippen LogP contribution is 2.37. The Balaban J connectivity index is 0.777. The fourth-order valence-electron chi connectivity index (χ4n) is 10.6. The number of halogens is 8. The standard InChI is InChI=1S/C62H46Cl2F6N8O7/c1-31-25-81-29-55(31)77-53-17-33(5-9-51(53)73-57(77)19-37-15-47(69)41(23-45(37)67)49-11-13-71-61(75-49)83-27-35-3-7-39(63)21-43(35)65)59(79)85-60(80)34-6-10-52-54(18-34)78(56-30-82-26-32(56)2)58(74-52)20-38-16-48(70)42(24-46(38)68)50-12-14-72-62(76-50)84-28-36-4-8-40(64)22-44(36)66/h3-18,21-24,31-32,55-56H,19-20,25-30H2,1-2H3/t31-,32-,55+,56+/m0/s1. The minimum atomic E-state index is -0.983. The first-order chi connectivity index (χ1) is 41.0. The monoisotopic (exact) mass is 1200 g/mol. The molecule has 6 aromatic carbocycles. The lowest BCUT2D eigenvalue weighted by Crippen LogP contribution is -2.19. The molecule has 23 heteroatoms. The number of hydrogen-bond acceptors (Lipinski definition) is 13. The summed E-state index contributed by atoms with van der Waals surface area (Å²) in [5, 5.41) is 0.419. The predicted molar refractivity (Wildman–Crippen MR) is 299 cm³/mol. The summed E-state index contributed by atoms with van der Waals surface area (Å²) < 4.78 is 125. The Bertz CT molecular complexity index is 4010. The third-order valence-electron chi connectivity index (χ3n) is 15.0. The van der Waals surface area contributed by atoms with Crippen LogP contribution >= 0.6 is 23.2 Å². The fraction of sp³-hybridized carbons (Fsp3) is 0.226. The van der Waals surface area contributed by atoms with E-state index in [2.05, 4.69) is 19.9 Å². The van der Waals surface area contributed by atoms with Gasteiger partial charge in [-0.25, -0.2) is 55.9 Å². The zero-order valence-corrected chi connectivity index (χ0v) is 46.5. The molecule has 15 nitrogen and oxygen atoms in total. The van der Waals surface area contributed by atoms with Gasteiger partial charge >= 0.3 is 24.0 Å². The van der Waals surface area contributed by atoms with Crippen molar-refractivity contribution in [3.05, 3.63) is 212 Å². The second-order valence-electron chi connectivity index (χ2n) is 20.7. The summed E-state index contributed by atoms with van der Waals surface area (Å²) in [4.78, 5) is 54.1. The van der Waals surface area contributed by atoms with E-state index < -0.39 is 46.8 Å². The summed E-state index contributed by atoms with van der Waals surface area (Å²) >= 11 is 11.7. The molecule has 0 saturated carbocycles. The summed E-state index contributed by atoms with van der Waals surface area (Å²) in [7, 11) is 0. The van der Waals surface area contributed by atoms with Crippen molar-refractivity contribution in [2.24, 2.45) is 11.8 Å². The van der Waals surface area contributed by atoms with Gasteiger partial charge in [-0.15, -0.1) is 0 Å². The van der Waals surface area contributed by atoms with Crippen LogP contribution in [0.2, 0.25) is 10.0 Å². The maximum absolute atomic E-state index is 16.2. The molecule has 2 aliphatic rings. The Morgan fingerprint density at radius 2 is 0.929 bits per heavy atom. The van der Waals surface area contributed by atoms with Gasteiger partial charge < -0.3 is 32.8 Å². The number of fused-ring (bicyclic) bond motifs is 2. The van der Waals surface area contributed by atoms with Crippen molar-refractivity contribution in [3.8, 4) is 34.5 Å². The van der Waals surface area contributed by atoms with Gasteiger partial charge in [0.2, 0.25) is 0 Å². The van der Waals surface area contributed by atoms with Crippen LogP contribution in [0.3, 0.4) is 0 Å². The minimum Gasteiger partial charge on any atom is -0.458 e. The fourth-order valence-corrected chi connectivity index (χ4v) is 10.9. The van der Waals surface area contributed by atoms with Gasteiger partial charge in [0.1, 0.15) is 59.8 Å². The Hall–Kier alpha value is -8.76. The van der Waals surface area contributed by atoms with Gasteiger partial charge in [-0.05, 0) is 108 Å². The molecule has 4 atom stereocenters. The van der Waals surface area contributed by atoms with Crippen molar-refractivity contribution in [1.82, 2.24) is 39.0 Å². The second kappa shape index (κ2) is 23.7. The van der Waals surface area contributed by atoms with E-state index in [0.29, 0.717) is 46.9 Å². The molecule has 432 valence electrons. The van der Waals surface area contributed by atoms with Gasteiger partial charge in [-0.3, -0.25) is 0 Å². The van der Waals surface area contributed by atoms with E-state index in [4.69, 9.17) is 56.9 Å². The largest absolute Gasteiger partial charge is 0.458 e. The molecule has 2 saturated heterocycles. The normalized spacial score (nSPS) is 16.8. The number of esters is 2. The molecule has 12 rings (SSSR count). The van der Waals surface area contributed by atoms with Gasteiger partial charge in [-0.2, -0.15) is 9.97 Å². The molecule has 10 aromatic rings. The molecule has 0 aliphatic carbocycles. The van der Waals surface area contributed by atoms with Crippen LogP contribution in [-0.2, 0) is 40.3 Å². The molecule has 0 radical (unpaired) electrons. The number of aromatic nitrogens is 8. The molecule has 0 spiro atoms. The first-order valence-corrected chi connectivity index (χ1v) is 27.5. The summed E-state index contributed by atoms with van der Waals surface area (Å²) in [6.45, 7) is 4.77. The zero-order chi connectivity index (χ0) is 59.2. The van der Waals surface area contributed by atoms with E-state index in [1.807, 2.05) is 23.0 Å². The molecule has 0 N–H and O–H groups in total. The number of nitrogens with zero attached hydrogens (tertiary/aromatic N) is 8. The highest BCUT2D eigenvalue weighted by atomic mass is 35.5. The highest BCUT2D eigenvalue weighted by molar-refractivity contribution is 6.30. The molecule has 2 fully saturated rings. The van der Waals surface area contributed by atoms with Gasteiger partial charge in [0.05, 0.1) is 83.1 Å². The van der Waals surface area contributed by atoms with Crippen LogP contribution < -0.4 is 9.47 Å². The lowest BCUT2D eigenvalue weighted by Gasteiger charge is -2.20. The molecular weight excluding hydrogens is 1150 g/mol. The number of carbonyl (C=O) groups is 2. The van der Waals surface area contributed by atoms with Crippen LogP contribution in [0, 0.1) is 46.7 Å². The van der Waals surface area contributed by atoms with Crippen molar-refractivity contribution in [2.45, 2.75) is 52.0 Å². The van der Waals surface area contributed by atoms with Crippen molar-refractivity contribution in [2.75, 3.05) is 26.4 Å². The van der Waals surface area contributed by atoms with Gasteiger partial charge in [0, 0.05) is 69.4 Å². The zero-order valence-electron chi connectivity index (χ0n) is 45.0. The predicted octanol–water partition coefficient (Wildman–Crippen LogP) is 13.2. The van der Waals surface area contributed by atoms with Crippen molar-refractivity contribution < 1.29 is 59.6 Å². The third-order valence-corrected chi connectivity index (χ3v) is 15.5. The maximum Gasteiger partial charge on any atom is 0.346 e. The van der Waals surface area contributed by atoms with Crippen LogP contribution in [0.1, 0.15) is 80.5 Å².